The summed E-state index contributed by atoms with van der Waals surface area (Å²) in [6, 6.07) is 1.62. The molecule has 0 aromatic heterocycles. The molecule has 3 unspecified atom stereocenters. The largest absolute Gasteiger partial charge is 0.329 e. The summed E-state index contributed by atoms with van der Waals surface area (Å²) in [5, 5.41) is 0. The highest BCUT2D eigenvalue weighted by Crippen LogP contribution is 2.36. The third-order valence-corrected chi connectivity index (χ3v) is 6.82. The normalized spacial score (nSPS) is 43.0. The molecular formula is C14H27N3S. The number of nitrogens with two attached hydrogens (primary N) is 1. The Hall–Kier alpha value is 0.230. The van der Waals surface area contributed by atoms with Crippen LogP contribution in [0.25, 0.3) is 0 Å². The Labute approximate surface area is 115 Å². The molecule has 2 N–H and O–H groups in total. The third kappa shape index (κ3) is 2.21. The predicted molar refractivity (Wildman–Crippen MR) is 79.1 cm³/mol. The number of fused-ring (bicyclic) bond motifs is 2. The molecule has 3 saturated heterocycles. The van der Waals surface area contributed by atoms with Crippen LogP contribution >= 0.6 is 11.8 Å². The van der Waals surface area contributed by atoms with Gasteiger partial charge in [-0.2, -0.15) is 11.8 Å². The third-order valence-electron chi connectivity index (χ3n) is 5.50. The minimum Gasteiger partial charge on any atom is -0.329 e. The molecule has 2 bridgehead atoms. The lowest BCUT2D eigenvalue weighted by Crippen LogP contribution is -2.59. The quantitative estimate of drug-likeness (QED) is 0.821. The standard InChI is InChI=1S/C14H27N3S/c1-16-12-3-4-13(16)9-17(7-5-12)14(10-15)6-2-8-18-11-14/h12-13H,2-11,15H2,1H3. The van der Waals surface area contributed by atoms with E-state index in [9.17, 15) is 0 Å². The molecule has 3 atom stereocenters. The van der Waals surface area contributed by atoms with Crippen LogP contribution in [0.2, 0.25) is 0 Å². The topological polar surface area (TPSA) is 32.5 Å². The van der Waals surface area contributed by atoms with E-state index < -0.39 is 0 Å². The van der Waals surface area contributed by atoms with Crippen molar-refractivity contribution in [2.75, 3.05) is 38.2 Å². The Morgan fingerprint density at radius 2 is 2.11 bits per heavy atom. The lowest BCUT2D eigenvalue weighted by Gasteiger charge is -2.46. The van der Waals surface area contributed by atoms with E-state index in [2.05, 4.69) is 28.6 Å². The second-order valence-electron chi connectivity index (χ2n) is 6.37. The molecule has 18 heavy (non-hydrogen) atoms. The van der Waals surface area contributed by atoms with Crippen LogP contribution in [0, 0.1) is 0 Å². The first-order valence-electron chi connectivity index (χ1n) is 7.50. The summed E-state index contributed by atoms with van der Waals surface area (Å²) >= 11 is 2.11. The molecule has 3 rings (SSSR count). The van der Waals surface area contributed by atoms with Gasteiger partial charge in [0.05, 0.1) is 0 Å². The summed E-state index contributed by atoms with van der Waals surface area (Å²) in [6.45, 7) is 3.37. The fraction of sp³-hybridized carbons (Fsp3) is 1.00. The van der Waals surface area contributed by atoms with Crippen molar-refractivity contribution in [1.29, 1.82) is 0 Å². The SMILES string of the molecule is CN1C2CCC1CN(C1(CN)CCCSC1)CC2. The summed E-state index contributed by atoms with van der Waals surface area (Å²) in [4.78, 5) is 5.40. The van der Waals surface area contributed by atoms with Crippen molar-refractivity contribution in [1.82, 2.24) is 9.80 Å². The molecule has 3 heterocycles. The summed E-state index contributed by atoms with van der Waals surface area (Å²) in [5.74, 6) is 2.59. The zero-order valence-corrected chi connectivity index (χ0v) is 12.4. The van der Waals surface area contributed by atoms with Crippen molar-refractivity contribution in [3.63, 3.8) is 0 Å². The summed E-state index contributed by atoms with van der Waals surface area (Å²) < 4.78 is 0. The van der Waals surface area contributed by atoms with Crippen LogP contribution in [0.15, 0.2) is 0 Å². The van der Waals surface area contributed by atoms with Crippen LogP contribution in [-0.4, -0.2) is 65.6 Å². The van der Waals surface area contributed by atoms with Gasteiger partial charge in [-0.3, -0.25) is 9.80 Å². The fourth-order valence-corrected chi connectivity index (χ4v) is 5.43. The molecule has 4 heteroatoms. The van der Waals surface area contributed by atoms with E-state index in [4.69, 9.17) is 5.73 Å². The molecule has 0 aliphatic carbocycles. The van der Waals surface area contributed by atoms with E-state index in [-0.39, 0.29) is 0 Å². The number of nitrogens with zero attached hydrogens (tertiary/aromatic N) is 2. The van der Waals surface area contributed by atoms with Crippen LogP contribution in [0.3, 0.4) is 0 Å². The molecule has 0 radical (unpaired) electrons. The molecule has 0 aromatic rings. The zero-order valence-electron chi connectivity index (χ0n) is 11.6. The van der Waals surface area contributed by atoms with E-state index in [0.717, 1.165) is 18.6 Å². The zero-order chi connectivity index (χ0) is 12.6. The predicted octanol–water partition coefficient (Wildman–Crippen LogP) is 1.38. The van der Waals surface area contributed by atoms with Crippen LogP contribution in [0.5, 0.6) is 0 Å². The maximum Gasteiger partial charge on any atom is 0.0422 e. The fourth-order valence-electron chi connectivity index (χ4n) is 4.12. The van der Waals surface area contributed by atoms with Crippen molar-refractivity contribution in [3.05, 3.63) is 0 Å². The molecule has 0 aromatic carbocycles. The van der Waals surface area contributed by atoms with Crippen molar-refractivity contribution in [3.8, 4) is 0 Å². The monoisotopic (exact) mass is 269 g/mol. The van der Waals surface area contributed by atoms with Crippen molar-refractivity contribution >= 4 is 11.8 Å². The van der Waals surface area contributed by atoms with E-state index >= 15 is 0 Å². The highest BCUT2D eigenvalue weighted by atomic mass is 32.2. The van der Waals surface area contributed by atoms with Crippen molar-refractivity contribution in [2.24, 2.45) is 5.73 Å². The van der Waals surface area contributed by atoms with Gasteiger partial charge in [0.15, 0.2) is 0 Å². The molecule has 0 saturated carbocycles. The Bertz CT molecular complexity index is 291. The Kier molecular flexibility index (Phi) is 3.90. The van der Waals surface area contributed by atoms with E-state index in [1.807, 2.05) is 0 Å². The van der Waals surface area contributed by atoms with Crippen LogP contribution in [0.1, 0.15) is 32.1 Å². The molecule has 0 spiro atoms. The summed E-state index contributed by atoms with van der Waals surface area (Å²) in [6.07, 6.45) is 6.82. The second-order valence-corrected chi connectivity index (χ2v) is 7.47. The van der Waals surface area contributed by atoms with E-state index in [0.29, 0.717) is 5.54 Å². The number of likely N-dealkylation sites (N-methyl/N-ethyl adjacent to an activating group) is 1. The number of thioether (sulfide) groups is 1. The lowest BCUT2D eigenvalue weighted by molar-refractivity contribution is 0.0905. The first kappa shape index (κ1) is 13.2. The van der Waals surface area contributed by atoms with Gasteiger partial charge in [-0.1, -0.05) is 0 Å². The molecule has 104 valence electrons. The van der Waals surface area contributed by atoms with E-state index in [1.54, 1.807) is 0 Å². The van der Waals surface area contributed by atoms with Crippen molar-refractivity contribution in [2.45, 2.75) is 49.7 Å². The maximum absolute atomic E-state index is 6.18. The van der Waals surface area contributed by atoms with Crippen molar-refractivity contribution < 1.29 is 0 Å². The highest BCUT2D eigenvalue weighted by molar-refractivity contribution is 7.99. The van der Waals surface area contributed by atoms with Crippen LogP contribution in [-0.2, 0) is 0 Å². The number of hydrogen-bond acceptors (Lipinski definition) is 4. The molecule has 0 amide bonds. The van der Waals surface area contributed by atoms with Gasteiger partial charge in [-0.15, -0.1) is 0 Å². The summed E-state index contributed by atoms with van der Waals surface area (Å²) in [7, 11) is 2.33. The van der Waals surface area contributed by atoms with Gasteiger partial charge in [-0.05, 0) is 44.9 Å². The number of rotatable bonds is 2. The lowest BCUT2D eigenvalue weighted by atomic mass is 9.91. The number of likely N-dealkylation sites (tertiary alicyclic amines) is 1. The first-order chi connectivity index (χ1) is 8.75. The number of hydrogen-bond donors (Lipinski definition) is 1. The Morgan fingerprint density at radius 1 is 1.28 bits per heavy atom. The van der Waals surface area contributed by atoms with Gasteiger partial charge >= 0.3 is 0 Å². The minimum absolute atomic E-state index is 0.314. The molecule has 3 aliphatic rings. The van der Waals surface area contributed by atoms with Gasteiger partial charge in [-0.25, -0.2) is 0 Å². The van der Waals surface area contributed by atoms with E-state index in [1.165, 1.54) is 56.7 Å². The minimum atomic E-state index is 0.314. The molecule has 3 fully saturated rings. The average Bonchev–Trinajstić information content (AvgIpc) is 2.64. The van der Waals surface area contributed by atoms with Gasteiger partial charge in [0.25, 0.3) is 0 Å². The molecule has 3 aliphatic heterocycles. The smallest absolute Gasteiger partial charge is 0.0422 e. The molecule has 3 nitrogen and oxygen atoms in total. The Balaban J connectivity index is 1.75. The average molecular weight is 269 g/mol. The van der Waals surface area contributed by atoms with Crippen LogP contribution in [0.4, 0.5) is 0 Å². The van der Waals surface area contributed by atoms with Gasteiger partial charge < -0.3 is 5.73 Å². The first-order valence-corrected chi connectivity index (χ1v) is 8.65. The highest BCUT2D eigenvalue weighted by Gasteiger charge is 2.42. The Morgan fingerprint density at radius 3 is 2.83 bits per heavy atom. The van der Waals surface area contributed by atoms with Crippen LogP contribution < -0.4 is 5.73 Å². The summed E-state index contributed by atoms with van der Waals surface area (Å²) in [5.41, 5.74) is 6.50. The second kappa shape index (κ2) is 5.31. The van der Waals surface area contributed by atoms with Gasteiger partial charge in [0, 0.05) is 43.0 Å². The van der Waals surface area contributed by atoms with Gasteiger partial charge in [0.2, 0.25) is 0 Å². The molecular weight excluding hydrogens is 242 g/mol. The maximum atomic E-state index is 6.18. The van der Waals surface area contributed by atoms with Gasteiger partial charge in [0.1, 0.15) is 0 Å².